The largest absolute Gasteiger partial charge is 0.395 e. The summed E-state index contributed by atoms with van der Waals surface area (Å²) in [7, 11) is -3.89. The number of nitriles is 1. The predicted molar refractivity (Wildman–Crippen MR) is 109 cm³/mol. The van der Waals surface area contributed by atoms with Crippen molar-refractivity contribution in [2.75, 3.05) is 6.61 Å². The van der Waals surface area contributed by atoms with Crippen molar-refractivity contribution < 1.29 is 13.5 Å². The average Bonchev–Trinajstić information content (AvgIpc) is 3.52. The van der Waals surface area contributed by atoms with Gasteiger partial charge in [-0.3, -0.25) is 0 Å². The standard InChI is InChI=1S/C23H22N2O3S/c1-16-4-2-3-5-22(16)29(27,28)25-20(14-24)23(21(25)15-26)19-12-10-18(11-13-19)9-8-17-6-7-17/h2-5,10-13,17,20-21,23,26H,6-7,15H2,1H3/t20-,21+,23-/m1/s1. The normalized spacial score (nSPS) is 24.1. The van der Waals surface area contributed by atoms with Gasteiger partial charge in [0.05, 0.1) is 23.6 Å². The van der Waals surface area contributed by atoms with Crippen molar-refractivity contribution in [1.82, 2.24) is 4.31 Å². The van der Waals surface area contributed by atoms with Crippen molar-refractivity contribution in [3.63, 3.8) is 0 Å². The number of sulfonamides is 1. The first-order chi connectivity index (χ1) is 14.0. The molecule has 0 radical (unpaired) electrons. The Morgan fingerprint density at radius 2 is 1.83 bits per heavy atom. The van der Waals surface area contributed by atoms with Crippen molar-refractivity contribution in [3.8, 4) is 17.9 Å². The van der Waals surface area contributed by atoms with Gasteiger partial charge in [-0.2, -0.15) is 9.57 Å². The van der Waals surface area contributed by atoms with E-state index in [2.05, 4.69) is 17.9 Å². The quantitative estimate of drug-likeness (QED) is 0.792. The summed E-state index contributed by atoms with van der Waals surface area (Å²) in [6, 6.07) is 14.8. The van der Waals surface area contributed by atoms with E-state index >= 15 is 0 Å². The predicted octanol–water partition coefficient (Wildman–Crippen LogP) is 2.80. The van der Waals surface area contributed by atoms with E-state index in [-0.39, 0.29) is 17.4 Å². The van der Waals surface area contributed by atoms with Crippen molar-refractivity contribution in [1.29, 1.82) is 5.26 Å². The summed E-state index contributed by atoms with van der Waals surface area (Å²) in [5.41, 5.74) is 2.35. The van der Waals surface area contributed by atoms with Crippen LogP contribution in [0.4, 0.5) is 0 Å². The molecule has 2 aromatic carbocycles. The van der Waals surface area contributed by atoms with Crippen LogP contribution in [0.25, 0.3) is 0 Å². The van der Waals surface area contributed by atoms with Crippen LogP contribution in [-0.4, -0.2) is 36.5 Å². The van der Waals surface area contributed by atoms with E-state index in [0.29, 0.717) is 11.5 Å². The minimum atomic E-state index is -3.89. The Bertz CT molecular complexity index is 1120. The zero-order chi connectivity index (χ0) is 20.6. The topological polar surface area (TPSA) is 81.4 Å². The summed E-state index contributed by atoms with van der Waals surface area (Å²) < 4.78 is 27.6. The molecular formula is C23H22N2O3S. The summed E-state index contributed by atoms with van der Waals surface area (Å²) >= 11 is 0. The summed E-state index contributed by atoms with van der Waals surface area (Å²) in [4.78, 5) is 0.169. The third-order valence-electron chi connectivity index (χ3n) is 5.62. The zero-order valence-electron chi connectivity index (χ0n) is 16.1. The molecule has 3 atom stereocenters. The average molecular weight is 407 g/mol. The van der Waals surface area contributed by atoms with E-state index in [4.69, 9.17) is 0 Å². The maximum absolute atomic E-state index is 13.2. The lowest BCUT2D eigenvalue weighted by Crippen LogP contribution is -2.65. The van der Waals surface area contributed by atoms with Crippen LogP contribution in [0, 0.1) is 36.0 Å². The summed E-state index contributed by atoms with van der Waals surface area (Å²) in [6.45, 7) is 1.37. The van der Waals surface area contributed by atoms with Crippen LogP contribution < -0.4 is 0 Å². The van der Waals surface area contributed by atoms with Crippen LogP contribution in [-0.2, 0) is 10.0 Å². The SMILES string of the molecule is Cc1ccccc1S(=O)(=O)N1[C@H](C#N)[C@@H](c2ccc(C#CC3CC3)cc2)[C@@H]1CO. The lowest BCUT2D eigenvalue weighted by Gasteiger charge is -2.50. The van der Waals surface area contributed by atoms with Crippen LogP contribution >= 0.6 is 0 Å². The van der Waals surface area contributed by atoms with E-state index in [1.54, 1.807) is 25.1 Å². The van der Waals surface area contributed by atoms with E-state index < -0.39 is 22.1 Å². The maximum Gasteiger partial charge on any atom is 0.244 e. The second-order valence-electron chi connectivity index (χ2n) is 7.62. The number of nitrogens with zero attached hydrogens (tertiary/aromatic N) is 2. The van der Waals surface area contributed by atoms with Gasteiger partial charge in [0.2, 0.25) is 10.0 Å². The van der Waals surface area contributed by atoms with Gasteiger partial charge in [0.15, 0.2) is 0 Å². The van der Waals surface area contributed by atoms with Gasteiger partial charge in [-0.15, -0.1) is 0 Å². The first-order valence-electron chi connectivity index (χ1n) is 9.68. The lowest BCUT2D eigenvalue weighted by molar-refractivity contribution is 0.0556. The molecule has 148 valence electrons. The highest BCUT2D eigenvalue weighted by molar-refractivity contribution is 7.89. The van der Waals surface area contributed by atoms with Gasteiger partial charge < -0.3 is 5.11 Å². The fraction of sp³-hybridized carbons (Fsp3) is 0.348. The highest BCUT2D eigenvalue weighted by atomic mass is 32.2. The van der Waals surface area contributed by atoms with E-state index in [1.807, 2.05) is 24.3 Å². The Kier molecular flexibility index (Phi) is 5.19. The van der Waals surface area contributed by atoms with Crippen LogP contribution in [0.2, 0.25) is 0 Å². The molecule has 1 aliphatic carbocycles. The second-order valence-corrected chi connectivity index (χ2v) is 9.43. The first kappa shape index (κ1) is 19.7. The van der Waals surface area contributed by atoms with Crippen LogP contribution in [0.15, 0.2) is 53.4 Å². The number of benzene rings is 2. The summed E-state index contributed by atoms with van der Waals surface area (Å²) in [5, 5.41) is 19.7. The number of aliphatic hydroxyl groups is 1. The lowest BCUT2D eigenvalue weighted by atomic mass is 9.78. The summed E-state index contributed by atoms with van der Waals surface area (Å²) in [6.07, 6.45) is 2.33. The molecule has 29 heavy (non-hydrogen) atoms. The van der Waals surface area contributed by atoms with E-state index in [9.17, 15) is 18.8 Å². The minimum absolute atomic E-state index is 0.169. The molecule has 2 fully saturated rings. The van der Waals surface area contributed by atoms with Gasteiger partial charge in [-0.25, -0.2) is 8.42 Å². The third-order valence-corrected chi connectivity index (χ3v) is 7.68. The molecule has 1 N–H and O–H groups in total. The highest BCUT2D eigenvalue weighted by Crippen LogP contribution is 2.44. The van der Waals surface area contributed by atoms with E-state index in [1.165, 1.54) is 18.9 Å². The molecule has 5 nitrogen and oxygen atoms in total. The van der Waals surface area contributed by atoms with Crippen molar-refractivity contribution >= 4 is 10.0 Å². The first-order valence-corrected chi connectivity index (χ1v) is 11.1. The molecule has 0 amide bonds. The van der Waals surface area contributed by atoms with Gasteiger partial charge in [0, 0.05) is 17.4 Å². The Morgan fingerprint density at radius 1 is 1.14 bits per heavy atom. The number of hydrogen-bond acceptors (Lipinski definition) is 4. The van der Waals surface area contributed by atoms with Crippen LogP contribution in [0.5, 0.6) is 0 Å². The molecule has 0 bridgehead atoms. The highest BCUT2D eigenvalue weighted by Gasteiger charge is 2.55. The fourth-order valence-electron chi connectivity index (χ4n) is 3.86. The zero-order valence-corrected chi connectivity index (χ0v) is 16.9. The van der Waals surface area contributed by atoms with Gasteiger partial charge in [-0.1, -0.05) is 42.2 Å². The van der Waals surface area contributed by atoms with Gasteiger partial charge in [0.25, 0.3) is 0 Å². The minimum Gasteiger partial charge on any atom is -0.395 e. The Labute approximate surface area is 171 Å². The third kappa shape index (κ3) is 3.56. The molecule has 0 aromatic heterocycles. The molecule has 1 aliphatic heterocycles. The molecule has 1 heterocycles. The molecule has 2 aliphatic rings. The molecule has 2 aromatic rings. The molecule has 1 saturated carbocycles. The summed E-state index contributed by atoms with van der Waals surface area (Å²) in [5.74, 6) is 6.50. The Balaban J connectivity index is 1.63. The molecule has 0 spiro atoms. The van der Waals surface area contributed by atoms with Gasteiger partial charge >= 0.3 is 0 Å². The molecule has 6 heteroatoms. The molecule has 1 saturated heterocycles. The Hall–Kier alpha value is -2.64. The van der Waals surface area contributed by atoms with Crippen LogP contribution in [0.3, 0.4) is 0 Å². The number of rotatable bonds is 4. The van der Waals surface area contributed by atoms with Crippen molar-refractivity contribution in [2.45, 2.75) is 42.7 Å². The smallest absolute Gasteiger partial charge is 0.244 e. The van der Waals surface area contributed by atoms with Crippen molar-refractivity contribution in [2.24, 2.45) is 5.92 Å². The van der Waals surface area contributed by atoms with Gasteiger partial charge in [-0.05, 0) is 49.1 Å². The van der Waals surface area contributed by atoms with Crippen molar-refractivity contribution in [3.05, 3.63) is 65.2 Å². The number of aliphatic hydroxyl groups excluding tert-OH is 1. The van der Waals surface area contributed by atoms with E-state index in [0.717, 1.165) is 15.4 Å². The number of aryl methyl sites for hydroxylation is 1. The van der Waals surface area contributed by atoms with Gasteiger partial charge in [0.1, 0.15) is 6.04 Å². The fourth-order valence-corrected chi connectivity index (χ4v) is 5.84. The molecule has 0 unspecified atom stereocenters. The molecular weight excluding hydrogens is 384 g/mol. The van der Waals surface area contributed by atoms with Crippen LogP contribution in [0.1, 0.15) is 35.4 Å². The maximum atomic E-state index is 13.2. The Morgan fingerprint density at radius 3 is 2.41 bits per heavy atom. The molecule has 4 rings (SSSR count). The number of hydrogen-bond donors (Lipinski definition) is 1. The second kappa shape index (κ2) is 7.65. The monoisotopic (exact) mass is 406 g/mol.